The number of rotatable bonds is 9. The van der Waals surface area contributed by atoms with Crippen molar-refractivity contribution in [1.82, 2.24) is 10.2 Å². The van der Waals surface area contributed by atoms with Gasteiger partial charge in [0.05, 0.1) is 6.54 Å². The van der Waals surface area contributed by atoms with Gasteiger partial charge in [0.2, 0.25) is 5.91 Å². The van der Waals surface area contributed by atoms with Crippen molar-refractivity contribution in [2.75, 3.05) is 26.7 Å². The molecule has 1 rings (SSSR count). The molecule has 3 N–H and O–H groups in total. The van der Waals surface area contributed by atoms with Crippen LogP contribution in [0, 0.1) is 0 Å². The number of benzene rings is 1. The maximum atomic E-state index is 11.7. The van der Waals surface area contributed by atoms with E-state index in [1.807, 2.05) is 37.4 Å². The van der Waals surface area contributed by atoms with Crippen molar-refractivity contribution < 1.29 is 4.79 Å². The molecule has 1 amide bonds. The van der Waals surface area contributed by atoms with Crippen molar-refractivity contribution in [3.63, 3.8) is 0 Å². The summed E-state index contributed by atoms with van der Waals surface area (Å²) in [4.78, 5) is 13.8. The number of carbonyl (C=O) groups is 1. The fraction of sp³-hybridized carbons (Fsp3) is 0.533. The number of likely N-dealkylation sites (N-methyl/N-ethyl adjacent to an activating group) is 1. The van der Waals surface area contributed by atoms with Crippen LogP contribution in [0.5, 0.6) is 0 Å². The number of nitrogens with one attached hydrogen (secondary N) is 1. The second-order valence-corrected chi connectivity index (χ2v) is 4.85. The third-order valence-corrected chi connectivity index (χ3v) is 2.99. The summed E-state index contributed by atoms with van der Waals surface area (Å²) in [5.41, 5.74) is 6.57. The van der Waals surface area contributed by atoms with E-state index in [9.17, 15) is 4.79 Å². The fourth-order valence-electron chi connectivity index (χ4n) is 1.88. The number of unbranched alkanes of at least 4 members (excludes halogenated alkanes) is 2. The molecule has 0 aliphatic carbocycles. The zero-order chi connectivity index (χ0) is 13.9. The summed E-state index contributed by atoms with van der Waals surface area (Å²) >= 11 is 0. The van der Waals surface area contributed by atoms with E-state index >= 15 is 0 Å². The van der Waals surface area contributed by atoms with Crippen LogP contribution < -0.4 is 11.1 Å². The first-order chi connectivity index (χ1) is 9.22. The Kier molecular flexibility index (Phi) is 7.86. The van der Waals surface area contributed by atoms with Gasteiger partial charge in [-0.25, -0.2) is 0 Å². The molecule has 0 saturated carbocycles. The van der Waals surface area contributed by atoms with Crippen LogP contribution in [0.25, 0.3) is 0 Å². The Bertz CT molecular complexity index is 354. The predicted octanol–water partition coefficient (Wildman–Crippen LogP) is 1.36. The number of hydrogen-bond acceptors (Lipinski definition) is 3. The van der Waals surface area contributed by atoms with E-state index in [0.29, 0.717) is 13.1 Å². The predicted molar refractivity (Wildman–Crippen MR) is 78.7 cm³/mol. The van der Waals surface area contributed by atoms with Crippen LogP contribution in [0.2, 0.25) is 0 Å². The molecule has 0 atom stereocenters. The van der Waals surface area contributed by atoms with Crippen LogP contribution in [-0.2, 0) is 11.3 Å². The van der Waals surface area contributed by atoms with E-state index in [2.05, 4.69) is 10.2 Å². The number of amides is 1. The van der Waals surface area contributed by atoms with Crippen molar-refractivity contribution in [3.8, 4) is 0 Å². The number of nitrogens with two attached hydrogens (primary N) is 1. The summed E-state index contributed by atoms with van der Waals surface area (Å²) in [6.45, 7) is 2.75. The molecule has 106 valence electrons. The molecule has 0 fully saturated rings. The first-order valence-electron chi connectivity index (χ1n) is 6.91. The maximum Gasteiger partial charge on any atom is 0.234 e. The Balaban J connectivity index is 2.13. The third kappa shape index (κ3) is 7.59. The molecular formula is C15H25N3O. The molecule has 0 unspecified atom stereocenters. The van der Waals surface area contributed by atoms with Gasteiger partial charge in [-0.2, -0.15) is 0 Å². The second-order valence-electron chi connectivity index (χ2n) is 4.85. The molecule has 0 aliphatic heterocycles. The zero-order valence-corrected chi connectivity index (χ0v) is 11.8. The summed E-state index contributed by atoms with van der Waals surface area (Å²) in [5.74, 6) is 0.0742. The number of nitrogens with zero attached hydrogens (tertiary/aromatic N) is 1. The molecule has 4 heteroatoms. The standard InChI is InChI=1S/C15H25N3O/c1-18(11-7-3-6-10-16)13-15(19)17-12-14-8-4-2-5-9-14/h2,4-5,8-9H,3,6-7,10-13,16H2,1H3,(H,17,19). The average Bonchev–Trinajstić information content (AvgIpc) is 2.42. The highest BCUT2D eigenvalue weighted by molar-refractivity contribution is 5.77. The van der Waals surface area contributed by atoms with Crippen molar-refractivity contribution in [1.29, 1.82) is 0 Å². The van der Waals surface area contributed by atoms with Gasteiger partial charge in [0.15, 0.2) is 0 Å². The SMILES string of the molecule is CN(CCCCCN)CC(=O)NCc1ccccc1. The second kappa shape index (κ2) is 9.53. The van der Waals surface area contributed by atoms with Crippen molar-refractivity contribution in [3.05, 3.63) is 35.9 Å². The molecule has 19 heavy (non-hydrogen) atoms. The lowest BCUT2D eigenvalue weighted by Gasteiger charge is -2.16. The molecule has 1 aromatic carbocycles. The van der Waals surface area contributed by atoms with Gasteiger partial charge < -0.3 is 11.1 Å². The molecule has 0 heterocycles. The van der Waals surface area contributed by atoms with E-state index in [-0.39, 0.29) is 5.91 Å². The summed E-state index contributed by atoms with van der Waals surface area (Å²) in [7, 11) is 1.98. The first-order valence-corrected chi connectivity index (χ1v) is 6.91. The van der Waals surface area contributed by atoms with E-state index < -0.39 is 0 Å². The summed E-state index contributed by atoms with van der Waals surface area (Å²) in [5, 5.41) is 2.93. The Hall–Kier alpha value is -1.39. The topological polar surface area (TPSA) is 58.4 Å². The average molecular weight is 263 g/mol. The lowest BCUT2D eigenvalue weighted by molar-refractivity contribution is -0.122. The van der Waals surface area contributed by atoms with Gasteiger partial charge >= 0.3 is 0 Å². The summed E-state index contributed by atoms with van der Waals surface area (Å²) in [6.07, 6.45) is 3.29. The van der Waals surface area contributed by atoms with Crippen LogP contribution >= 0.6 is 0 Å². The fourth-order valence-corrected chi connectivity index (χ4v) is 1.88. The third-order valence-electron chi connectivity index (χ3n) is 2.99. The highest BCUT2D eigenvalue weighted by Gasteiger charge is 2.05. The van der Waals surface area contributed by atoms with Gasteiger partial charge in [-0.05, 0) is 38.5 Å². The Morgan fingerprint density at radius 3 is 2.63 bits per heavy atom. The summed E-state index contributed by atoms with van der Waals surface area (Å²) < 4.78 is 0. The minimum absolute atomic E-state index is 0.0742. The van der Waals surface area contributed by atoms with Gasteiger partial charge in [0.1, 0.15) is 0 Å². The Morgan fingerprint density at radius 1 is 1.21 bits per heavy atom. The molecule has 0 radical (unpaired) electrons. The molecule has 4 nitrogen and oxygen atoms in total. The van der Waals surface area contributed by atoms with Crippen molar-refractivity contribution in [2.45, 2.75) is 25.8 Å². The maximum absolute atomic E-state index is 11.7. The van der Waals surface area contributed by atoms with Gasteiger partial charge in [0, 0.05) is 6.54 Å². The monoisotopic (exact) mass is 263 g/mol. The van der Waals surface area contributed by atoms with E-state index in [0.717, 1.165) is 37.9 Å². The van der Waals surface area contributed by atoms with Crippen LogP contribution in [0.1, 0.15) is 24.8 Å². The first kappa shape index (κ1) is 15.7. The van der Waals surface area contributed by atoms with E-state index in [4.69, 9.17) is 5.73 Å². The summed E-state index contributed by atoms with van der Waals surface area (Å²) in [6, 6.07) is 9.95. The number of hydrogen-bond donors (Lipinski definition) is 2. The minimum atomic E-state index is 0.0742. The van der Waals surface area contributed by atoms with Crippen LogP contribution in [0.4, 0.5) is 0 Å². The largest absolute Gasteiger partial charge is 0.351 e. The van der Waals surface area contributed by atoms with Gasteiger partial charge in [0.25, 0.3) is 0 Å². The Morgan fingerprint density at radius 2 is 1.95 bits per heavy atom. The lowest BCUT2D eigenvalue weighted by Crippen LogP contribution is -2.35. The molecule has 0 aromatic heterocycles. The van der Waals surface area contributed by atoms with Crippen molar-refractivity contribution >= 4 is 5.91 Å². The zero-order valence-electron chi connectivity index (χ0n) is 11.8. The highest BCUT2D eigenvalue weighted by atomic mass is 16.2. The van der Waals surface area contributed by atoms with Gasteiger partial charge in [-0.1, -0.05) is 36.8 Å². The minimum Gasteiger partial charge on any atom is -0.351 e. The molecule has 0 saturated heterocycles. The van der Waals surface area contributed by atoms with Crippen LogP contribution in [0.3, 0.4) is 0 Å². The van der Waals surface area contributed by atoms with E-state index in [1.54, 1.807) is 0 Å². The van der Waals surface area contributed by atoms with Crippen LogP contribution in [0.15, 0.2) is 30.3 Å². The molecule has 0 spiro atoms. The quantitative estimate of drug-likeness (QED) is 0.661. The Labute approximate surface area is 116 Å². The smallest absolute Gasteiger partial charge is 0.234 e. The van der Waals surface area contributed by atoms with E-state index in [1.165, 1.54) is 0 Å². The van der Waals surface area contributed by atoms with Crippen molar-refractivity contribution in [2.24, 2.45) is 5.73 Å². The molecule has 0 bridgehead atoms. The normalized spacial score (nSPS) is 10.7. The highest BCUT2D eigenvalue weighted by Crippen LogP contribution is 1.98. The van der Waals surface area contributed by atoms with Gasteiger partial charge in [-0.15, -0.1) is 0 Å². The number of carbonyl (C=O) groups excluding carboxylic acids is 1. The van der Waals surface area contributed by atoms with Gasteiger partial charge in [-0.3, -0.25) is 9.69 Å². The molecule has 1 aromatic rings. The lowest BCUT2D eigenvalue weighted by atomic mass is 10.2. The molecule has 0 aliphatic rings. The molecular weight excluding hydrogens is 238 g/mol. The van der Waals surface area contributed by atoms with Crippen LogP contribution in [-0.4, -0.2) is 37.5 Å².